The van der Waals surface area contributed by atoms with Gasteiger partial charge >= 0.3 is 0 Å². The molecular formula is C20H33N3O3. The lowest BCUT2D eigenvalue weighted by Gasteiger charge is -2.30. The number of hydrogen-bond donors (Lipinski definition) is 2. The van der Waals surface area contributed by atoms with Crippen molar-refractivity contribution < 1.29 is 14.2 Å². The monoisotopic (exact) mass is 363 g/mol. The number of anilines is 1. The van der Waals surface area contributed by atoms with Gasteiger partial charge in [0.2, 0.25) is 0 Å². The summed E-state index contributed by atoms with van der Waals surface area (Å²) in [6.45, 7) is 4.58. The minimum absolute atomic E-state index is 0.310. The van der Waals surface area contributed by atoms with E-state index < -0.39 is 0 Å². The second kappa shape index (κ2) is 10.3. The molecule has 1 aromatic carbocycles. The first-order valence-corrected chi connectivity index (χ1v) is 9.44. The first-order valence-electron chi connectivity index (χ1n) is 9.44. The summed E-state index contributed by atoms with van der Waals surface area (Å²) in [5.41, 5.74) is 1.22. The summed E-state index contributed by atoms with van der Waals surface area (Å²) in [6, 6.07) is 5.75. The van der Waals surface area contributed by atoms with Crippen LogP contribution < -0.4 is 20.1 Å². The molecule has 1 fully saturated rings. The Kier molecular flexibility index (Phi) is 8.04. The van der Waals surface area contributed by atoms with Crippen LogP contribution in [0.25, 0.3) is 0 Å². The summed E-state index contributed by atoms with van der Waals surface area (Å²) in [6.07, 6.45) is 6.20. The number of ether oxygens (including phenoxy) is 3. The standard InChI is InChI=1S/C20H33N3O3/c1-5-26-13-12-20(10-6-7-11-20)15-22-19(21-2)23-16-8-9-17(24-3)18(14-16)25-4/h8-9,14H,5-7,10-13,15H2,1-4H3,(H2,21,22,23). The van der Waals surface area contributed by atoms with E-state index in [1.165, 1.54) is 25.7 Å². The molecule has 0 unspecified atom stereocenters. The van der Waals surface area contributed by atoms with Gasteiger partial charge in [-0.2, -0.15) is 0 Å². The molecule has 0 heterocycles. The smallest absolute Gasteiger partial charge is 0.195 e. The SMILES string of the molecule is CCOCCC1(CNC(=NC)Nc2ccc(OC)c(OC)c2)CCCC1. The maximum atomic E-state index is 5.60. The van der Waals surface area contributed by atoms with Crippen molar-refractivity contribution in [1.82, 2.24) is 5.32 Å². The van der Waals surface area contributed by atoms with Crippen molar-refractivity contribution >= 4 is 11.6 Å². The third-order valence-electron chi connectivity index (χ3n) is 5.15. The van der Waals surface area contributed by atoms with Crippen LogP contribution >= 0.6 is 0 Å². The van der Waals surface area contributed by atoms with E-state index in [1.807, 2.05) is 18.2 Å². The molecule has 1 aromatic rings. The molecule has 146 valence electrons. The number of nitrogens with one attached hydrogen (secondary N) is 2. The van der Waals surface area contributed by atoms with Gasteiger partial charge < -0.3 is 24.8 Å². The zero-order valence-corrected chi connectivity index (χ0v) is 16.6. The predicted molar refractivity (Wildman–Crippen MR) is 107 cm³/mol. The lowest BCUT2D eigenvalue weighted by Crippen LogP contribution is -2.40. The lowest BCUT2D eigenvalue weighted by molar-refractivity contribution is 0.105. The number of aliphatic imine (C=N–C) groups is 1. The molecule has 0 bridgehead atoms. The highest BCUT2D eigenvalue weighted by Crippen LogP contribution is 2.40. The number of hydrogen-bond acceptors (Lipinski definition) is 4. The molecule has 1 aliphatic rings. The van der Waals surface area contributed by atoms with Crippen molar-refractivity contribution in [2.24, 2.45) is 10.4 Å². The molecule has 0 aromatic heterocycles. The summed E-state index contributed by atoms with van der Waals surface area (Å²) in [5.74, 6) is 2.17. The van der Waals surface area contributed by atoms with E-state index in [0.29, 0.717) is 16.9 Å². The summed E-state index contributed by atoms with van der Waals surface area (Å²) in [5, 5.41) is 6.84. The Morgan fingerprint density at radius 2 is 1.88 bits per heavy atom. The van der Waals surface area contributed by atoms with Crippen molar-refractivity contribution in [1.29, 1.82) is 0 Å². The number of methoxy groups -OCH3 is 2. The first kappa shape index (κ1) is 20.4. The minimum Gasteiger partial charge on any atom is -0.493 e. The number of benzene rings is 1. The van der Waals surface area contributed by atoms with Crippen LogP contribution in [0.3, 0.4) is 0 Å². The molecule has 0 aliphatic heterocycles. The molecule has 2 N–H and O–H groups in total. The van der Waals surface area contributed by atoms with Crippen molar-refractivity contribution in [2.45, 2.75) is 39.0 Å². The molecule has 1 aliphatic carbocycles. The minimum atomic E-state index is 0.310. The highest BCUT2D eigenvalue weighted by molar-refractivity contribution is 5.93. The average molecular weight is 364 g/mol. The fourth-order valence-electron chi connectivity index (χ4n) is 3.57. The third kappa shape index (κ3) is 5.53. The Morgan fingerprint density at radius 3 is 2.50 bits per heavy atom. The zero-order chi connectivity index (χ0) is 18.8. The molecule has 6 nitrogen and oxygen atoms in total. The van der Waals surface area contributed by atoms with Crippen LogP contribution in [0.5, 0.6) is 11.5 Å². The van der Waals surface area contributed by atoms with Crippen molar-refractivity contribution in [3.05, 3.63) is 18.2 Å². The van der Waals surface area contributed by atoms with Gasteiger partial charge in [0.1, 0.15) is 0 Å². The average Bonchev–Trinajstić information content (AvgIpc) is 3.14. The van der Waals surface area contributed by atoms with Gasteiger partial charge in [0.25, 0.3) is 0 Å². The molecule has 0 amide bonds. The highest BCUT2D eigenvalue weighted by atomic mass is 16.5. The predicted octanol–water partition coefficient (Wildman–Crippen LogP) is 3.68. The third-order valence-corrected chi connectivity index (χ3v) is 5.15. The van der Waals surface area contributed by atoms with Crippen LogP contribution in [0.1, 0.15) is 39.0 Å². The van der Waals surface area contributed by atoms with Crippen LogP contribution in [-0.2, 0) is 4.74 Å². The first-order chi connectivity index (χ1) is 12.7. The Hall–Kier alpha value is -1.95. The van der Waals surface area contributed by atoms with E-state index >= 15 is 0 Å². The fraction of sp³-hybridized carbons (Fsp3) is 0.650. The topological polar surface area (TPSA) is 64.1 Å². The molecule has 26 heavy (non-hydrogen) atoms. The van der Waals surface area contributed by atoms with Crippen LogP contribution in [0.15, 0.2) is 23.2 Å². The van der Waals surface area contributed by atoms with E-state index in [0.717, 1.165) is 37.8 Å². The van der Waals surface area contributed by atoms with E-state index in [9.17, 15) is 0 Å². The molecule has 0 spiro atoms. The van der Waals surface area contributed by atoms with Gasteiger partial charge in [-0.3, -0.25) is 4.99 Å². The number of nitrogens with zero attached hydrogens (tertiary/aromatic N) is 1. The molecule has 6 heteroatoms. The van der Waals surface area contributed by atoms with Crippen molar-refractivity contribution in [3.63, 3.8) is 0 Å². The second-order valence-corrected chi connectivity index (χ2v) is 6.77. The molecule has 1 saturated carbocycles. The summed E-state index contributed by atoms with van der Waals surface area (Å²) >= 11 is 0. The molecule has 0 radical (unpaired) electrons. The largest absolute Gasteiger partial charge is 0.493 e. The van der Waals surface area contributed by atoms with Crippen molar-refractivity contribution in [2.75, 3.05) is 46.3 Å². The number of guanidine groups is 1. The zero-order valence-electron chi connectivity index (χ0n) is 16.6. The molecule has 2 rings (SSSR count). The normalized spacial score (nSPS) is 16.4. The number of rotatable bonds is 9. The summed E-state index contributed by atoms with van der Waals surface area (Å²) < 4.78 is 16.2. The van der Waals surface area contributed by atoms with E-state index in [1.54, 1.807) is 21.3 Å². The second-order valence-electron chi connectivity index (χ2n) is 6.77. The van der Waals surface area contributed by atoms with Crippen molar-refractivity contribution in [3.8, 4) is 11.5 Å². The Bertz CT molecular complexity index is 584. The van der Waals surface area contributed by atoms with Crippen LogP contribution in [0.2, 0.25) is 0 Å². The Labute approximate surface area is 157 Å². The highest BCUT2D eigenvalue weighted by Gasteiger charge is 2.33. The van der Waals surface area contributed by atoms with Gasteiger partial charge in [-0.25, -0.2) is 0 Å². The van der Waals surface area contributed by atoms with Crippen LogP contribution in [0, 0.1) is 5.41 Å². The van der Waals surface area contributed by atoms with Gasteiger partial charge in [-0.15, -0.1) is 0 Å². The van der Waals surface area contributed by atoms with Gasteiger partial charge in [0.15, 0.2) is 17.5 Å². The Balaban J connectivity index is 1.96. The van der Waals surface area contributed by atoms with Crippen LogP contribution in [-0.4, -0.2) is 47.0 Å². The van der Waals surface area contributed by atoms with E-state index in [4.69, 9.17) is 14.2 Å². The maximum absolute atomic E-state index is 5.60. The molecule has 0 saturated heterocycles. The fourth-order valence-corrected chi connectivity index (χ4v) is 3.57. The Morgan fingerprint density at radius 1 is 1.15 bits per heavy atom. The molecule has 0 atom stereocenters. The van der Waals surface area contributed by atoms with Gasteiger partial charge in [0.05, 0.1) is 14.2 Å². The van der Waals surface area contributed by atoms with E-state index in [-0.39, 0.29) is 0 Å². The molecular weight excluding hydrogens is 330 g/mol. The van der Waals surface area contributed by atoms with Gasteiger partial charge in [0, 0.05) is 38.6 Å². The maximum Gasteiger partial charge on any atom is 0.195 e. The summed E-state index contributed by atoms with van der Waals surface area (Å²) in [7, 11) is 5.06. The van der Waals surface area contributed by atoms with Gasteiger partial charge in [-0.1, -0.05) is 12.8 Å². The quantitative estimate of drug-likeness (QED) is 0.398. The lowest BCUT2D eigenvalue weighted by atomic mass is 9.83. The van der Waals surface area contributed by atoms with E-state index in [2.05, 4.69) is 22.5 Å². The summed E-state index contributed by atoms with van der Waals surface area (Å²) in [4.78, 5) is 4.36. The van der Waals surface area contributed by atoms with Crippen LogP contribution in [0.4, 0.5) is 5.69 Å². The van der Waals surface area contributed by atoms with Gasteiger partial charge in [-0.05, 0) is 43.7 Å².